The fourth-order valence-corrected chi connectivity index (χ4v) is 2.57. The highest BCUT2D eigenvalue weighted by molar-refractivity contribution is 5.42. The third-order valence-electron chi connectivity index (χ3n) is 3.59. The summed E-state index contributed by atoms with van der Waals surface area (Å²) in [6, 6.07) is 8.64. The summed E-state index contributed by atoms with van der Waals surface area (Å²) in [5, 5.41) is 11.4. The SMILES string of the molecule is CCCNC(c1ccnnc1)c1ccc2c(c1)CCO2. The molecule has 1 unspecified atom stereocenters. The van der Waals surface area contributed by atoms with Gasteiger partial charge in [-0.3, -0.25) is 0 Å². The standard InChI is InChI=1S/C16H19N3O/c1-2-7-17-16(14-5-8-18-19-11-14)13-3-4-15-12(10-13)6-9-20-15/h3-5,8,10-11,16-17H,2,6-7,9H2,1H3. The van der Waals surface area contributed by atoms with Gasteiger partial charge in [-0.1, -0.05) is 19.1 Å². The van der Waals surface area contributed by atoms with E-state index in [9.17, 15) is 0 Å². The lowest BCUT2D eigenvalue weighted by molar-refractivity contribution is 0.357. The Kier molecular flexibility index (Phi) is 3.92. The van der Waals surface area contributed by atoms with Crippen molar-refractivity contribution in [2.24, 2.45) is 0 Å². The Balaban J connectivity index is 1.92. The van der Waals surface area contributed by atoms with Crippen LogP contribution in [0.15, 0.2) is 36.7 Å². The van der Waals surface area contributed by atoms with Crippen LogP contribution in [-0.4, -0.2) is 23.3 Å². The topological polar surface area (TPSA) is 47.0 Å². The highest BCUT2D eigenvalue weighted by Gasteiger charge is 2.18. The van der Waals surface area contributed by atoms with Gasteiger partial charge in [0.05, 0.1) is 18.8 Å². The minimum absolute atomic E-state index is 0.163. The predicted octanol–water partition coefficient (Wildman–Crippen LogP) is 2.50. The maximum absolute atomic E-state index is 5.58. The zero-order chi connectivity index (χ0) is 13.8. The summed E-state index contributed by atoms with van der Waals surface area (Å²) in [5.74, 6) is 1.02. The molecule has 1 aromatic carbocycles. The van der Waals surface area contributed by atoms with E-state index in [4.69, 9.17) is 4.74 Å². The van der Waals surface area contributed by atoms with E-state index in [1.165, 1.54) is 11.1 Å². The van der Waals surface area contributed by atoms with Crippen LogP contribution in [0.25, 0.3) is 0 Å². The summed E-state index contributed by atoms with van der Waals surface area (Å²) in [6.45, 7) is 3.94. The van der Waals surface area contributed by atoms with Crippen LogP contribution in [0.1, 0.15) is 36.1 Å². The molecule has 20 heavy (non-hydrogen) atoms. The molecule has 0 fully saturated rings. The second-order valence-corrected chi connectivity index (χ2v) is 5.03. The maximum atomic E-state index is 5.58. The normalized spacial score (nSPS) is 14.7. The molecule has 0 saturated carbocycles. The van der Waals surface area contributed by atoms with Crippen LogP contribution in [0.2, 0.25) is 0 Å². The Labute approximate surface area is 119 Å². The fraction of sp³-hybridized carbons (Fsp3) is 0.375. The van der Waals surface area contributed by atoms with Gasteiger partial charge in [-0.05, 0) is 41.8 Å². The van der Waals surface area contributed by atoms with Crippen molar-refractivity contribution in [1.29, 1.82) is 0 Å². The molecule has 1 aliphatic heterocycles. The molecule has 104 valence electrons. The van der Waals surface area contributed by atoms with Crippen molar-refractivity contribution in [3.05, 3.63) is 53.3 Å². The van der Waals surface area contributed by atoms with Gasteiger partial charge in [-0.15, -0.1) is 0 Å². The number of hydrogen-bond acceptors (Lipinski definition) is 4. The molecule has 0 bridgehead atoms. The quantitative estimate of drug-likeness (QED) is 0.906. The van der Waals surface area contributed by atoms with Crippen LogP contribution in [-0.2, 0) is 6.42 Å². The first-order chi connectivity index (χ1) is 9.88. The number of hydrogen-bond donors (Lipinski definition) is 1. The molecule has 1 N–H and O–H groups in total. The summed E-state index contributed by atoms with van der Waals surface area (Å²) in [5.41, 5.74) is 3.70. The first-order valence-electron chi connectivity index (χ1n) is 7.14. The monoisotopic (exact) mass is 269 g/mol. The number of aromatic nitrogens is 2. The Morgan fingerprint density at radius 1 is 1.25 bits per heavy atom. The summed E-state index contributed by atoms with van der Waals surface area (Å²) in [7, 11) is 0. The maximum Gasteiger partial charge on any atom is 0.122 e. The molecule has 2 heterocycles. The van der Waals surface area contributed by atoms with E-state index >= 15 is 0 Å². The van der Waals surface area contributed by atoms with E-state index < -0.39 is 0 Å². The van der Waals surface area contributed by atoms with E-state index in [0.717, 1.165) is 37.3 Å². The predicted molar refractivity (Wildman–Crippen MR) is 77.8 cm³/mol. The van der Waals surface area contributed by atoms with Gasteiger partial charge in [0, 0.05) is 12.6 Å². The highest BCUT2D eigenvalue weighted by atomic mass is 16.5. The Morgan fingerprint density at radius 3 is 3.00 bits per heavy atom. The van der Waals surface area contributed by atoms with Crippen molar-refractivity contribution in [2.45, 2.75) is 25.8 Å². The van der Waals surface area contributed by atoms with Gasteiger partial charge in [0.25, 0.3) is 0 Å². The van der Waals surface area contributed by atoms with Crippen molar-refractivity contribution in [2.75, 3.05) is 13.2 Å². The fourth-order valence-electron chi connectivity index (χ4n) is 2.57. The third-order valence-corrected chi connectivity index (χ3v) is 3.59. The molecule has 1 atom stereocenters. The van der Waals surface area contributed by atoms with Gasteiger partial charge in [-0.25, -0.2) is 0 Å². The first-order valence-corrected chi connectivity index (χ1v) is 7.14. The third kappa shape index (κ3) is 2.65. The van der Waals surface area contributed by atoms with Gasteiger partial charge < -0.3 is 10.1 Å². The second-order valence-electron chi connectivity index (χ2n) is 5.03. The number of nitrogens with zero attached hydrogens (tertiary/aromatic N) is 2. The molecule has 3 rings (SSSR count). The molecule has 1 aromatic heterocycles. The van der Waals surface area contributed by atoms with Crippen molar-refractivity contribution >= 4 is 0 Å². The molecule has 4 nitrogen and oxygen atoms in total. The van der Waals surface area contributed by atoms with Crippen LogP contribution in [0, 0.1) is 0 Å². The van der Waals surface area contributed by atoms with Crippen molar-refractivity contribution in [1.82, 2.24) is 15.5 Å². The molecule has 0 spiro atoms. The van der Waals surface area contributed by atoms with Crippen LogP contribution < -0.4 is 10.1 Å². The van der Waals surface area contributed by atoms with Crippen LogP contribution >= 0.6 is 0 Å². The molecular formula is C16H19N3O. The lowest BCUT2D eigenvalue weighted by Crippen LogP contribution is -2.23. The molecule has 0 radical (unpaired) electrons. The average Bonchev–Trinajstić information content (AvgIpc) is 2.96. The summed E-state index contributed by atoms with van der Waals surface area (Å²) in [6.07, 6.45) is 5.67. The van der Waals surface area contributed by atoms with Gasteiger partial charge in [0.15, 0.2) is 0 Å². The molecular weight excluding hydrogens is 250 g/mol. The smallest absolute Gasteiger partial charge is 0.122 e. The zero-order valence-electron chi connectivity index (χ0n) is 11.7. The number of rotatable bonds is 5. The average molecular weight is 269 g/mol. The molecule has 0 aliphatic carbocycles. The number of benzene rings is 1. The van der Waals surface area contributed by atoms with Crippen LogP contribution in [0.5, 0.6) is 5.75 Å². The van der Waals surface area contributed by atoms with E-state index in [-0.39, 0.29) is 6.04 Å². The number of fused-ring (bicyclic) bond motifs is 1. The minimum atomic E-state index is 0.163. The van der Waals surface area contributed by atoms with E-state index in [1.807, 2.05) is 12.3 Å². The summed E-state index contributed by atoms with van der Waals surface area (Å²) >= 11 is 0. The molecule has 0 saturated heterocycles. The first kappa shape index (κ1) is 13.1. The van der Waals surface area contributed by atoms with E-state index in [1.54, 1.807) is 6.20 Å². The van der Waals surface area contributed by atoms with Gasteiger partial charge in [-0.2, -0.15) is 10.2 Å². The molecule has 4 heteroatoms. The largest absolute Gasteiger partial charge is 0.493 e. The van der Waals surface area contributed by atoms with Crippen molar-refractivity contribution < 1.29 is 4.74 Å². The number of ether oxygens (including phenoxy) is 1. The minimum Gasteiger partial charge on any atom is -0.493 e. The lowest BCUT2D eigenvalue weighted by atomic mass is 9.97. The summed E-state index contributed by atoms with van der Waals surface area (Å²) in [4.78, 5) is 0. The Morgan fingerprint density at radius 2 is 2.20 bits per heavy atom. The van der Waals surface area contributed by atoms with Gasteiger partial charge >= 0.3 is 0 Å². The molecule has 2 aromatic rings. The summed E-state index contributed by atoms with van der Waals surface area (Å²) < 4.78 is 5.58. The van der Waals surface area contributed by atoms with Crippen LogP contribution in [0.4, 0.5) is 0 Å². The Bertz CT molecular complexity index is 571. The van der Waals surface area contributed by atoms with Crippen LogP contribution in [0.3, 0.4) is 0 Å². The molecule has 1 aliphatic rings. The van der Waals surface area contributed by atoms with Gasteiger partial charge in [0.1, 0.15) is 5.75 Å². The lowest BCUT2D eigenvalue weighted by Gasteiger charge is -2.19. The van der Waals surface area contributed by atoms with E-state index in [2.05, 4.69) is 40.6 Å². The van der Waals surface area contributed by atoms with Crippen molar-refractivity contribution in [3.8, 4) is 5.75 Å². The van der Waals surface area contributed by atoms with Gasteiger partial charge in [0.2, 0.25) is 0 Å². The van der Waals surface area contributed by atoms with Crippen molar-refractivity contribution in [3.63, 3.8) is 0 Å². The number of nitrogens with one attached hydrogen (secondary N) is 1. The Hall–Kier alpha value is -1.94. The zero-order valence-corrected chi connectivity index (χ0v) is 11.7. The second kappa shape index (κ2) is 6.01. The highest BCUT2D eigenvalue weighted by Crippen LogP contribution is 2.30. The van der Waals surface area contributed by atoms with E-state index in [0.29, 0.717) is 0 Å². The molecule has 0 amide bonds.